The largest absolute Gasteiger partial charge is 0.312 e. The molecule has 0 radical (unpaired) electrons. The van der Waals surface area contributed by atoms with Crippen LogP contribution in [-0.2, 0) is 6.54 Å². The summed E-state index contributed by atoms with van der Waals surface area (Å²) in [6.45, 7) is 4.90. The number of benzene rings is 1. The van der Waals surface area contributed by atoms with Crippen molar-refractivity contribution < 1.29 is 4.39 Å². The van der Waals surface area contributed by atoms with Crippen LogP contribution in [0.25, 0.3) is 0 Å². The average molecular weight is 214 g/mol. The molecule has 0 bridgehead atoms. The van der Waals surface area contributed by atoms with Crippen LogP contribution >= 0.6 is 11.6 Å². The molecule has 1 N–H and O–H groups in total. The van der Waals surface area contributed by atoms with Gasteiger partial charge in [0.05, 0.1) is 0 Å². The topological polar surface area (TPSA) is 12.0 Å². The highest BCUT2D eigenvalue weighted by molar-refractivity contribution is 6.30. The van der Waals surface area contributed by atoms with E-state index in [9.17, 15) is 4.39 Å². The minimum Gasteiger partial charge on any atom is -0.312 e. The van der Waals surface area contributed by atoms with Crippen molar-refractivity contribution in [1.82, 2.24) is 5.32 Å². The van der Waals surface area contributed by atoms with E-state index in [2.05, 4.69) is 11.9 Å². The second kappa shape index (κ2) is 5.78. The molecule has 0 unspecified atom stereocenters. The molecule has 14 heavy (non-hydrogen) atoms. The number of nitrogens with one attached hydrogen (secondary N) is 1. The van der Waals surface area contributed by atoms with E-state index >= 15 is 0 Å². The SMILES string of the molecule is C=CCCNCc1cc(Cl)ccc1F. The lowest BCUT2D eigenvalue weighted by molar-refractivity contribution is 0.589. The fourth-order valence-electron chi connectivity index (χ4n) is 1.11. The van der Waals surface area contributed by atoms with Gasteiger partial charge in [0.1, 0.15) is 5.82 Å². The Morgan fingerprint density at radius 1 is 1.50 bits per heavy atom. The normalized spacial score (nSPS) is 10.1. The quantitative estimate of drug-likeness (QED) is 0.585. The Morgan fingerprint density at radius 3 is 3.00 bits per heavy atom. The minimum absolute atomic E-state index is 0.222. The fourth-order valence-corrected chi connectivity index (χ4v) is 1.30. The lowest BCUT2D eigenvalue weighted by Gasteiger charge is -2.04. The summed E-state index contributed by atoms with van der Waals surface area (Å²) in [5, 5.41) is 3.66. The van der Waals surface area contributed by atoms with Gasteiger partial charge in [-0.15, -0.1) is 6.58 Å². The van der Waals surface area contributed by atoms with Crippen LogP contribution in [0.3, 0.4) is 0 Å². The van der Waals surface area contributed by atoms with Gasteiger partial charge in [0.15, 0.2) is 0 Å². The van der Waals surface area contributed by atoms with E-state index in [0.29, 0.717) is 17.1 Å². The molecule has 0 saturated heterocycles. The van der Waals surface area contributed by atoms with E-state index in [1.165, 1.54) is 6.07 Å². The summed E-state index contributed by atoms with van der Waals surface area (Å²) in [4.78, 5) is 0. The number of rotatable bonds is 5. The summed E-state index contributed by atoms with van der Waals surface area (Å²) in [5.41, 5.74) is 0.599. The predicted molar refractivity (Wildman–Crippen MR) is 57.9 cm³/mol. The maximum Gasteiger partial charge on any atom is 0.127 e. The van der Waals surface area contributed by atoms with E-state index in [0.717, 1.165) is 13.0 Å². The second-order valence-electron chi connectivity index (χ2n) is 2.99. The van der Waals surface area contributed by atoms with Gasteiger partial charge < -0.3 is 5.32 Å². The lowest BCUT2D eigenvalue weighted by Crippen LogP contribution is -2.14. The van der Waals surface area contributed by atoms with Gasteiger partial charge in [-0.1, -0.05) is 17.7 Å². The van der Waals surface area contributed by atoms with Gasteiger partial charge in [0, 0.05) is 17.1 Å². The van der Waals surface area contributed by atoms with Crippen LogP contribution in [0.15, 0.2) is 30.9 Å². The molecule has 0 aliphatic heterocycles. The molecule has 1 aromatic carbocycles. The molecule has 0 aliphatic carbocycles. The Hall–Kier alpha value is -0.860. The first-order valence-corrected chi connectivity index (χ1v) is 4.87. The van der Waals surface area contributed by atoms with Crippen LogP contribution in [0.5, 0.6) is 0 Å². The summed E-state index contributed by atoms with van der Waals surface area (Å²) in [5.74, 6) is -0.222. The molecular weight excluding hydrogens is 201 g/mol. The molecule has 1 nitrogen and oxygen atoms in total. The van der Waals surface area contributed by atoms with Crippen molar-refractivity contribution >= 4 is 11.6 Å². The monoisotopic (exact) mass is 213 g/mol. The number of halogens is 2. The van der Waals surface area contributed by atoms with E-state index in [-0.39, 0.29) is 5.82 Å². The Balaban J connectivity index is 2.49. The first-order valence-electron chi connectivity index (χ1n) is 4.49. The summed E-state index contributed by atoms with van der Waals surface area (Å²) < 4.78 is 13.2. The van der Waals surface area contributed by atoms with Crippen molar-refractivity contribution in [1.29, 1.82) is 0 Å². The molecular formula is C11H13ClFN. The van der Waals surface area contributed by atoms with Gasteiger partial charge in [0.25, 0.3) is 0 Å². The van der Waals surface area contributed by atoms with Crippen molar-refractivity contribution in [3.63, 3.8) is 0 Å². The van der Waals surface area contributed by atoms with Crippen LogP contribution in [0.4, 0.5) is 4.39 Å². The molecule has 0 amide bonds. The van der Waals surface area contributed by atoms with Crippen LogP contribution in [-0.4, -0.2) is 6.54 Å². The van der Waals surface area contributed by atoms with Crippen LogP contribution in [0.1, 0.15) is 12.0 Å². The molecule has 76 valence electrons. The lowest BCUT2D eigenvalue weighted by atomic mass is 10.2. The maximum absolute atomic E-state index is 13.2. The summed E-state index contributed by atoms with van der Waals surface area (Å²) in [6.07, 6.45) is 2.70. The number of hydrogen-bond donors (Lipinski definition) is 1. The summed E-state index contributed by atoms with van der Waals surface area (Å²) in [7, 11) is 0. The third-order valence-corrected chi connectivity index (χ3v) is 2.08. The smallest absolute Gasteiger partial charge is 0.127 e. The molecule has 0 aromatic heterocycles. The molecule has 0 saturated carbocycles. The maximum atomic E-state index is 13.2. The predicted octanol–water partition coefficient (Wildman–Crippen LogP) is 3.14. The molecule has 0 atom stereocenters. The highest BCUT2D eigenvalue weighted by Gasteiger charge is 2.01. The van der Waals surface area contributed by atoms with Crippen molar-refractivity contribution in [3.8, 4) is 0 Å². The van der Waals surface area contributed by atoms with Gasteiger partial charge in [-0.3, -0.25) is 0 Å². The van der Waals surface area contributed by atoms with Crippen molar-refractivity contribution in [2.24, 2.45) is 0 Å². The van der Waals surface area contributed by atoms with Crippen molar-refractivity contribution in [2.45, 2.75) is 13.0 Å². The molecule has 0 fully saturated rings. The minimum atomic E-state index is -0.222. The first-order chi connectivity index (χ1) is 6.74. The van der Waals surface area contributed by atoms with Crippen LogP contribution in [0, 0.1) is 5.82 Å². The van der Waals surface area contributed by atoms with Gasteiger partial charge >= 0.3 is 0 Å². The molecule has 1 rings (SSSR count). The second-order valence-corrected chi connectivity index (χ2v) is 3.43. The third kappa shape index (κ3) is 3.48. The Morgan fingerprint density at radius 2 is 2.29 bits per heavy atom. The van der Waals surface area contributed by atoms with Crippen LogP contribution < -0.4 is 5.32 Å². The zero-order valence-electron chi connectivity index (χ0n) is 7.89. The summed E-state index contributed by atoms with van der Waals surface area (Å²) >= 11 is 5.75. The van der Waals surface area contributed by atoms with Gasteiger partial charge in [-0.25, -0.2) is 4.39 Å². The van der Waals surface area contributed by atoms with Crippen molar-refractivity contribution in [3.05, 3.63) is 47.3 Å². The van der Waals surface area contributed by atoms with E-state index in [1.807, 2.05) is 6.08 Å². The highest BCUT2D eigenvalue weighted by Crippen LogP contribution is 2.14. The Bertz CT molecular complexity index is 312. The Labute approximate surface area is 88.6 Å². The molecule has 0 spiro atoms. The van der Waals surface area contributed by atoms with Crippen LogP contribution in [0.2, 0.25) is 5.02 Å². The van der Waals surface area contributed by atoms with Gasteiger partial charge in [-0.2, -0.15) is 0 Å². The number of hydrogen-bond acceptors (Lipinski definition) is 1. The van der Waals surface area contributed by atoms with Gasteiger partial charge in [0.2, 0.25) is 0 Å². The molecule has 1 aromatic rings. The zero-order valence-corrected chi connectivity index (χ0v) is 8.65. The third-order valence-electron chi connectivity index (χ3n) is 1.85. The Kier molecular flexibility index (Phi) is 4.63. The highest BCUT2D eigenvalue weighted by atomic mass is 35.5. The van der Waals surface area contributed by atoms with E-state index < -0.39 is 0 Å². The summed E-state index contributed by atoms with van der Waals surface area (Å²) in [6, 6.07) is 4.56. The van der Waals surface area contributed by atoms with E-state index in [1.54, 1.807) is 12.1 Å². The van der Waals surface area contributed by atoms with E-state index in [4.69, 9.17) is 11.6 Å². The molecule has 3 heteroatoms. The fraction of sp³-hybridized carbons (Fsp3) is 0.273. The first kappa shape index (κ1) is 11.2. The molecule has 0 heterocycles. The van der Waals surface area contributed by atoms with Crippen molar-refractivity contribution in [2.75, 3.05) is 6.54 Å². The standard InChI is InChI=1S/C11H13ClFN/c1-2-3-6-14-8-9-7-10(12)4-5-11(9)13/h2,4-5,7,14H,1,3,6,8H2. The average Bonchev–Trinajstić information content (AvgIpc) is 2.18. The molecule has 0 aliphatic rings. The zero-order chi connectivity index (χ0) is 10.4. The van der Waals surface area contributed by atoms with Gasteiger partial charge in [-0.05, 0) is 31.2 Å².